The normalized spacial score (nSPS) is 18.4. The highest BCUT2D eigenvalue weighted by molar-refractivity contribution is 7.89. The molecule has 0 saturated carbocycles. The van der Waals surface area contributed by atoms with Crippen molar-refractivity contribution in [2.24, 2.45) is 0 Å². The van der Waals surface area contributed by atoms with Crippen LogP contribution in [-0.4, -0.2) is 57.4 Å². The zero-order chi connectivity index (χ0) is 13.4. The van der Waals surface area contributed by atoms with Crippen LogP contribution in [0.4, 0.5) is 0 Å². The Labute approximate surface area is 111 Å². The number of hydrogen-bond donors (Lipinski definition) is 1. The maximum atomic E-state index is 12.3. The molecule has 0 bridgehead atoms. The Bertz CT molecular complexity index is 313. The van der Waals surface area contributed by atoms with Crippen LogP contribution in [0.1, 0.15) is 33.1 Å². The van der Waals surface area contributed by atoms with Crippen LogP contribution < -0.4 is 5.32 Å². The van der Waals surface area contributed by atoms with Gasteiger partial charge in [0.1, 0.15) is 0 Å². The van der Waals surface area contributed by atoms with Gasteiger partial charge in [-0.1, -0.05) is 6.92 Å². The fourth-order valence-electron chi connectivity index (χ4n) is 2.29. The zero-order valence-corrected chi connectivity index (χ0v) is 12.3. The third-order valence-corrected chi connectivity index (χ3v) is 5.08. The summed E-state index contributed by atoms with van der Waals surface area (Å²) < 4.78 is 31.5. The molecular weight excluding hydrogens is 252 g/mol. The topological polar surface area (TPSA) is 58.6 Å². The lowest BCUT2D eigenvalue weighted by Gasteiger charge is -2.33. The maximum absolute atomic E-state index is 12.3. The molecule has 0 unspecified atom stereocenters. The lowest BCUT2D eigenvalue weighted by atomic mass is 10.1. The molecule has 1 aliphatic rings. The van der Waals surface area contributed by atoms with E-state index in [0.717, 1.165) is 32.4 Å². The van der Waals surface area contributed by atoms with Gasteiger partial charge in [0.25, 0.3) is 0 Å². The van der Waals surface area contributed by atoms with Gasteiger partial charge in [-0.2, -0.15) is 4.31 Å². The summed E-state index contributed by atoms with van der Waals surface area (Å²) in [5.41, 5.74) is 0. The number of piperidine rings is 1. The van der Waals surface area contributed by atoms with Crippen molar-refractivity contribution in [3.05, 3.63) is 0 Å². The van der Waals surface area contributed by atoms with Crippen LogP contribution >= 0.6 is 0 Å². The van der Waals surface area contributed by atoms with Crippen LogP contribution in [0.3, 0.4) is 0 Å². The molecule has 0 aromatic rings. The monoisotopic (exact) mass is 278 g/mol. The van der Waals surface area contributed by atoms with Gasteiger partial charge in [0, 0.05) is 19.2 Å². The molecule has 108 valence electrons. The summed E-state index contributed by atoms with van der Waals surface area (Å²) in [6.45, 7) is 7.20. The van der Waals surface area contributed by atoms with E-state index in [9.17, 15) is 8.42 Å². The average molecular weight is 278 g/mol. The minimum Gasteiger partial charge on any atom is -0.381 e. The number of nitrogens with one attached hydrogen (secondary N) is 1. The van der Waals surface area contributed by atoms with Crippen LogP contribution in [-0.2, 0) is 14.8 Å². The second kappa shape index (κ2) is 8.09. The summed E-state index contributed by atoms with van der Waals surface area (Å²) >= 11 is 0. The van der Waals surface area contributed by atoms with Crippen molar-refractivity contribution in [2.75, 3.05) is 38.6 Å². The van der Waals surface area contributed by atoms with E-state index in [-0.39, 0.29) is 11.8 Å². The average Bonchev–Trinajstić information content (AvgIpc) is 2.37. The summed E-state index contributed by atoms with van der Waals surface area (Å²) in [7, 11) is -3.18. The highest BCUT2D eigenvalue weighted by atomic mass is 32.2. The Balaban J connectivity index is 2.63. The first-order valence-corrected chi connectivity index (χ1v) is 8.50. The third kappa shape index (κ3) is 4.84. The molecule has 5 nitrogen and oxygen atoms in total. The van der Waals surface area contributed by atoms with Gasteiger partial charge in [0.15, 0.2) is 0 Å². The van der Waals surface area contributed by atoms with E-state index in [1.165, 1.54) is 0 Å². The van der Waals surface area contributed by atoms with Gasteiger partial charge < -0.3 is 10.1 Å². The highest BCUT2D eigenvalue weighted by Crippen LogP contribution is 2.17. The van der Waals surface area contributed by atoms with Crippen molar-refractivity contribution < 1.29 is 13.2 Å². The molecule has 1 heterocycles. The Morgan fingerprint density at radius 1 is 1.28 bits per heavy atom. The molecular formula is C12H26N2O3S. The smallest absolute Gasteiger partial charge is 0.216 e. The predicted octanol–water partition coefficient (Wildman–Crippen LogP) is 0.817. The maximum Gasteiger partial charge on any atom is 0.216 e. The van der Waals surface area contributed by atoms with Crippen molar-refractivity contribution >= 4 is 10.0 Å². The minimum atomic E-state index is -3.18. The number of nitrogens with zero attached hydrogens (tertiary/aromatic N) is 1. The van der Waals surface area contributed by atoms with E-state index in [2.05, 4.69) is 5.32 Å². The number of sulfonamides is 1. The number of ether oxygens (including phenoxy) is 1. The van der Waals surface area contributed by atoms with Crippen molar-refractivity contribution in [1.29, 1.82) is 0 Å². The van der Waals surface area contributed by atoms with Crippen LogP contribution in [0.5, 0.6) is 0 Å². The lowest BCUT2D eigenvalue weighted by molar-refractivity contribution is 0.161. The standard InChI is InChI=1S/C12H26N2O3S/c1-3-9-14(12-5-7-13-8-6-12)18(15,16)11-10-17-4-2/h12-13H,3-11H2,1-2H3. The minimum absolute atomic E-state index is 0.102. The van der Waals surface area contributed by atoms with Crippen LogP contribution in [0.2, 0.25) is 0 Å². The van der Waals surface area contributed by atoms with Crippen LogP contribution in [0.15, 0.2) is 0 Å². The third-order valence-electron chi connectivity index (χ3n) is 3.21. The van der Waals surface area contributed by atoms with Gasteiger partial charge in [-0.25, -0.2) is 8.42 Å². The van der Waals surface area contributed by atoms with Gasteiger partial charge >= 0.3 is 0 Å². The first kappa shape index (κ1) is 15.9. The summed E-state index contributed by atoms with van der Waals surface area (Å²) in [5.74, 6) is 0.102. The molecule has 1 fully saturated rings. The van der Waals surface area contributed by atoms with E-state index in [1.807, 2.05) is 13.8 Å². The van der Waals surface area contributed by atoms with Crippen molar-refractivity contribution in [1.82, 2.24) is 9.62 Å². The molecule has 0 spiro atoms. The molecule has 0 aromatic carbocycles. The zero-order valence-electron chi connectivity index (χ0n) is 11.5. The van der Waals surface area contributed by atoms with Gasteiger partial charge in [-0.15, -0.1) is 0 Å². The largest absolute Gasteiger partial charge is 0.381 e. The first-order chi connectivity index (χ1) is 8.61. The van der Waals surface area contributed by atoms with E-state index in [4.69, 9.17) is 4.74 Å². The fraction of sp³-hybridized carbons (Fsp3) is 1.00. The van der Waals surface area contributed by atoms with Gasteiger partial charge in [0.2, 0.25) is 10.0 Å². The molecule has 0 amide bonds. The van der Waals surface area contributed by atoms with Crippen LogP contribution in [0, 0.1) is 0 Å². The summed E-state index contributed by atoms with van der Waals surface area (Å²) in [4.78, 5) is 0. The molecule has 1 N–H and O–H groups in total. The van der Waals surface area contributed by atoms with Gasteiger partial charge in [0.05, 0.1) is 12.4 Å². The molecule has 1 rings (SSSR count). The second-order valence-corrected chi connectivity index (χ2v) is 6.65. The summed E-state index contributed by atoms with van der Waals surface area (Å²) in [6.07, 6.45) is 2.68. The molecule has 0 aromatic heterocycles. The Morgan fingerprint density at radius 2 is 1.94 bits per heavy atom. The van der Waals surface area contributed by atoms with Crippen LogP contribution in [0.25, 0.3) is 0 Å². The number of hydrogen-bond acceptors (Lipinski definition) is 4. The molecule has 0 radical (unpaired) electrons. The molecule has 1 aliphatic heterocycles. The van der Waals surface area contributed by atoms with Gasteiger partial charge in [-0.05, 0) is 39.3 Å². The van der Waals surface area contributed by atoms with E-state index in [1.54, 1.807) is 4.31 Å². The molecule has 0 aliphatic carbocycles. The van der Waals surface area contributed by atoms with E-state index >= 15 is 0 Å². The number of rotatable bonds is 8. The Morgan fingerprint density at radius 3 is 2.50 bits per heavy atom. The quantitative estimate of drug-likeness (QED) is 0.668. The molecule has 18 heavy (non-hydrogen) atoms. The van der Waals surface area contributed by atoms with Crippen molar-refractivity contribution in [2.45, 2.75) is 39.2 Å². The SMILES string of the molecule is CCCN(C1CCNCC1)S(=O)(=O)CCOCC. The summed E-state index contributed by atoms with van der Waals surface area (Å²) in [5, 5.41) is 3.27. The Kier molecular flexibility index (Phi) is 7.14. The van der Waals surface area contributed by atoms with Crippen molar-refractivity contribution in [3.8, 4) is 0 Å². The second-order valence-electron chi connectivity index (χ2n) is 4.60. The first-order valence-electron chi connectivity index (χ1n) is 6.89. The fourth-order valence-corrected chi connectivity index (χ4v) is 3.98. The van der Waals surface area contributed by atoms with Gasteiger partial charge in [-0.3, -0.25) is 0 Å². The summed E-state index contributed by atoms with van der Waals surface area (Å²) in [6, 6.07) is 0.165. The van der Waals surface area contributed by atoms with E-state index in [0.29, 0.717) is 19.8 Å². The molecule has 0 atom stereocenters. The molecule has 6 heteroatoms. The lowest BCUT2D eigenvalue weighted by Crippen LogP contribution is -2.47. The molecule has 1 saturated heterocycles. The Hall–Kier alpha value is -0.170. The highest BCUT2D eigenvalue weighted by Gasteiger charge is 2.29. The predicted molar refractivity (Wildman–Crippen MR) is 73.2 cm³/mol. The van der Waals surface area contributed by atoms with Crippen molar-refractivity contribution in [3.63, 3.8) is 0 Å². The van der Waals surface area contributed by atoms with E-state index < -0.39 is 10.0 Å².